The van der Waals surface area contributed by atoms with Crippen LogP contribution in [0.2, 0.25) is 0 Å². The number of imidazole rings is 1. The smallest absolute Gasteiger partial charge is 0.280 e. The summed E-state index contributed by atoms with van der Waals surface area (Å²) in [7, 11) is 0. The van der Waals surface area contributed by atoms with Gasteiger partial charge in [-0.15, -0.1) is 6.42 Å². The number of aromatic nitrogens is 4. The SMILES string of the molecule is C#CC1(Cl)C(=O)[C@@H]([C@@H](C)O)O[C@H]1n1cnc2c(=O)[nH]c(N)nc21. The van der Waals surface area contributed by atoms with E-state index in [-0.39, 0.29) is 17.1 Å². The highest BCUT2D eigenvalue weighted by atomic mass is 35.5. The summed E-state index contributed by atoms with van der Waals surface area (Å²) in [5.74, 6) is 1.40. The van der Waals surface area contributed by atoms with Crippen LogP contribution in [0.15, 0.2) is 11.1 Å². The van der Waals surface area contributed by atoms with E-state index in [0.29, 0.717) is 0 Å². The molecule has 0 aromatic carbocycles. The molecule has 1 aliphatic rings. The van der Waals surface area contributed by atoms with Gasteiger partial charge >= 0.3 is 0 Å². The maximum Gasteiger partial charge on any atom is 0.280 e. The van der Waals surface area contributed by atoms with Crippen molar-refractivity contribution in [1.82, 2.24) is 19.5 Å². The van der Waals surface area contributed by atoms with E-state index in [4.69, 9.17) is 28.5 Å². The minimum absolute atomic E-state index is 0.00761. The number of nitrogen functional groups attached to an aromatic ring is 1. The average Bonchev–Trinajstić information content (AvgIpc) is 3.00. The number of Topliss-reactive ketones (excluding diaryl/α,β-unsaturated/α-hetero) is 1. The summed E-state index contributed by atoms with van der Waals surface area (Å²) in [6, 6.07) is 0. The van der Waals surface area contributed by atoms with E-state index in [1.54, 1.807) is 0 Å². The molecule has 0 radical (unpaired) electrons. The van der Waals surface area contributed by atoms with Crippen molar-refractivity contribution in [1.29, 1.82) is 0 Å². The number of aliphatic hydroxyl groups excluding tert-OH is 1. The second-order valence-electron chi connectivity index (χ2n) is 5.15. The van der Waals surface area contributed by atoms with Gasteiger partial charge in [-0.2, -0.15) is 4.98 Å². The molecule has 9 nitrogen and oxygen atoms in total. The largest absolute Gasteiger partial charge is 0.390 e. The first-order valence-corrected chi connectivity index (χ1v) is 6.94. The summed E-state index contributed by atoms with van der Waals surface area (Å²) in [5.41, 5.74) is 5.03. The first-order valence-electron chi connectivity index (χ1n) is 6.56. The molecule has 0 amide bonds. The molecule has 0 bridgehead atoms. The van der Waals surface area contributed by atoms with E-state index in [1.165, 1.54) is 17.8 Å². The summed E-state index contributed by atoms with van der Waals surface area (Å²) < 4.78 is 6.79. The second-order valence-corrected chi connectivity index (χ2v) is 5.74. The molecule has 3 heterocycles. The molecule has 1 fully saturated rings. The Hall–Kier alpha value is -2.41. The highest BCUT2D eigenvalue weighted by Crippen LogP contribution is 2.42. The Labute approximate surface area is 134 Å². The van der Waals surface area contributed by atoms with E-state index < -0.39 is 34.7 Å². The number of halogens is 1. The lowest BCUT2D eigenvalue weighted by Crippen LogP contribution is -2.38. The number of ketones is 1. The van der Waals surface area contributed by atoms with Crippen LogP contribution in [0, 0.1) is 12.3 Å². The number of rotatable bonds is 2. The number of hydrogen-bond donors (Lipinski definition) is 3. The van der Waals surface area contributed by atoms with Crippen molar-refractivity contribution in [3.63, 3.8) is 0 Å². The number of hydrogen-bond acceptors (Lipinski definition) is 7. The third-order valence-corrected chi connectivity index (χ3v) is 4.07. The topological polar surface area (TPSA) is 136 Å². The summed E-state index contributed by atoms with van der Waals surface area (Å²) >= 11 is 6.27. The highest BCUT2D eigenvalue weighted by Gasteiger charge is 2.57. The van der Waals surface area contributed by atoms with E-state index in [2.05, 4.69) is 20.9 Å². The van der Waals surface area contributed by atoms with Crippen LogP contribution < -0.4 is 11.3 Å². The zero-order valence-electron chi connectivity index (χ0n) is 11.9. The van der Waals surface area contributed by atoms with Gasteiger partial charge in [-0.25, -0.2) is 4.98 Å². The number of nitrogens with one attached hydrogen (secondary N) is 1. The predicted octanol–water partition coefficient (Wildman–Crippen LogP) is -0.840. The van der Waals surface area contributed by atoms with E-state index in [1.807, 2.05) is 0 Å². The molecule has 120 valence electrons. The van der Waals surface area contributed by atoms with Crippen LogP contribution >= 0.6 is 11.6 Å². The molecule has 0 spiro atoms. The summed E-state index contributed by atoms with van der Waals surface area (Å²) in [4.78, 5) is 32.5. The van der Waals surface area contributed by atoms with Crippen molar-refractivity contribution >= 4 is 34.5 Å². The molecule has 23 heavy (non-hydrogen) atoms. The van der Waals surface area contributed by atoms with Crippen molar-refractivity contribution in [3.8, 4) is 12.3 Å². The van der Waals surface area contributed by atoms with Crippen LogP contribution in [0.25, 0.3) is 11.2 Å². The third-order valence-electron chi connectivity index (χ3n) is 3.58. The van der Waals surface area contributed by atoms with Gasteiger partial charge in [0.2, 0.25) is 16.6 Å². The Morgan fingerprint density at radius 3 is 2.96 bits per heavy atom. The number of carbonyl (C=O) groups is 1. The normalized spacial score (nSPS) is 28.9. The van der Waals surface area contributed by atoms with E-state index in [0.717, 1.165) is 0 Å². The molecular formula is C13H12ClN5O4. The Balaban J connectivity index is 2.20. The number of aromatic amines is 1. The molecular weight excluding hydrogens is 326 g/mol. The van der Waals surface area contributed by atoms with E-state index in [9.17, 15) is 14.7 Å². The third kappa shape index (κ3) is 2.11. The Bertz CT molecular complexity index is 898. The van der Waals surface area contributed by atoms with Gasteiger partial charge in [0.25, 0.3) is 5.56 Å². The lowest BCUT2D eigenvalue weighted by Gasteiger charge is -2.21. The number of fused-ring (bicyclic) bond motifs is 1. The van der Waals surface area contributed by atoms with Gasteiger partial charge in [0.05, 0.1) is 12.4 Å². The number of carbonyl (C=O) groups excluding carboxylic acids is 1. The van der Waals surface area contributed by atoms with Crippen LogP contribution in [-0.4, -0.2) is 47.5 Å². The number of nitrogens with zero attached hydrogens (tertiary/aromatic N) is 3. The lowest BCUT2D eigenvalue weighted by atomic mass is 9.99. The lowest BCUT2D eigenvalue weighted by molar-refractivity contribution is -0.128. The van der Waals surface area contributed by atoms with Gasteiger partial charge in [0.15, 0.2) is 17.4 Å². The van der Waals surface area contributed by atoms with Gasteiger partial charge in [-0.05, 0) is 6.92 Å². The quantitative estimate of drug-likeness (QED) is 0.480. The highest BCUT2D eigenvalue weighted by molar-refractivity contribution is 6.39. The van der Waals surface area contributed by atoms with Crippen LogP contribution in [-0.2, 0) is 9.53 Å². The molecule has 2 aromatic rings. The van der Waals surface area contributed by atoms with Crippen molar-refractivity contribution in [2.24, 2.45) is 0 Å². The van der Waals surface area contributed by atoms with Crippen LogP contribution in [0.3, 0.4) is 0 Å². The molecule has 4 atom stereocenters. The monoisotopic (exact) mass is 337 g/mol. The number of ether oxygens (including phenoxy) is 1. The van der Waals surface area contributed by atoms with Crippen LogP contribution in [0.1, 0.15) is 13.2 Å². The maximum absolute atomic E-state index is 12.4. The number of anilines is 1. The molecule has 0 aliphatic carbocycles. The molecule has 1 aliphatic heterocycles. The standard InChI is InChI=1S/C13H12ClN5O4/c1-3-13(14)8(21)7(5(2)20)23-11(13)19-4-16-6-9(19)17-12(15)18-10(6)22/h1,4-5,7,11,20H,2H3,(H3,15,17,18,22)/t5-,7-,11-,13?/m1/s1. The fraction of sp³-hybridized carbons (Fsp3) is 0.385. The molecule has 10 heteroatoms. The fourth-order valence-electron chi connectivity index (χ4n) is 2.47. The number of terminal acetylenes is 1. The van der Waals surface area contributed by atoms with E-state index >= 15 is 0 Å². The van der Waals surface area contributed by atoms with Gasteiger partial charge in [-0.3, -0.25) is 19.1 Å². The molecule has 1 unspecified atom stereocenters. The zero-order valence-corrected chi connectivity index (χ0v) is 12.6. The zero-order chi connectivity index (χ0) is 16.9. The number of alkyl halides is 1. The fourth-order valence-corrected chi connectivity index (χ4v) is 2.73. The first kappa shape index (κ1) is 15.5. The van der Waals surface area contributed by atoms with Crippen LogP contribution in [0.5, 0.6) is 0 Å². The maximum atomic E-state index is 12.4. The number of nitrogens with two attached hydrogens (primary N) is 1. The van der Waals surface area contributed by atoms with Crippen molar-refractivity contribution < 1.29 is 14.6 Å². The Morgan fingerprint density at radius 2 is 2.35 bits per heavy atom. The van der Waals surface area contributed by atoms with Gasteiger partial charge in [-0.1, -0.05) is 17.5 Å². The average molecular weight is 338 g/mol. The Morgan fingerprint density at radius 1 is 1.65 bits per heavy atom. The molecule has 4 N–H and O–H groups in total. The molecule has 2 aromatic heterocycles. The minimum Gasteiger partial charge on any atom is -0.390 e. The van der Waals surface area contributed by atoms with Crippen molar-refractivity contribution in [2.75, 3.05) is 5.73 Å². The molecule has 0 saturated carbocycles. The molecule has 1 saturated heterocycles. The Kier molecular flexibility index (Phi) is 3.40. The number of aliphatic hydroxyl groups is 1. The predicted molar refractivity (Wildman–Crippen MR) is 80.6 cm³/mol. The summed E-state index contributed by atoms with van der Waals surface area (Å²) in [6.07, 6.45) is 3.12. The van der Waals surface area contributed by atoms with Gasteiger partial charge in [0, 0.05) is 0 Å². The summed E-state index contributed by atoms with van der Waals surface area (Å²) in [5, 5.41) is 9.68. The number of H-pyrrole nitrogens is 1. The minimum atomic E-state index is -1.87. The van der Waals surface area contributed by atoms with Crippen molar-refractivity contribution in [3.05, 3.63) is 16.7 Å². The molecule has 3 rings (SSSR count). The summed E-state index contributed by atoms with van der Waals surface area (Å²) in [6.45, 7) is 1.38. The van der Waals surface area contributed by atoms with Crippen LogP contribution in [0.4, 0.5) is 5.95 Å². The second kappa shape index (κ2) is 5.06. The van der Waals surface area contributed by atoms with Gasteiger partial charge < -0.3 is 15.6 Å². The van der Waals surface area contributed by atoms with Gasteiger partial charge in [0.1, 0.15) is 6.10 Å². The first-order chi connectivity index (χ1) is 10.8. The van der Waals surface area contributed by atoms with Crippen molar-refractivity contribution in [2.45, 2.75) is 30.2 Å².